The SMILES string of the molecule is CCCCCCCCCCCCCCCCCCCCC(=O)[O-].CCCCc1ccc(C(=O)[O-])cc1.[CH2]CCC.[CH2]CCC.[Sn+2]. The number of carboxylic acids is 2. The predicted octanol–water partition coefficient (Wildman–Crippen LogP) is 10.4. The average Bonchev–Trinajstić information content (AvgIpc) is 3.03. The van der Waals surface area contributed by atoms with Crippen LogP contribution in [0.2, 0.25) is 0 Å². The Bertz CT molecular complexity index is 682. The summed E-state index contributed by atoms with van der Waals surface area (Å²) in [5.74, 6) is -2.01. The number of rotatable bonds is 25. The molecule has 4 radical (unpaired) electrons. The van der Waals surface area contributed by atoms with E-state index in [1.807, 2.05) is 12.1 Å². The van der Waals surface area contributed by atoms with Crippen molar-refractivity contribution in [2.24, 2.45) is 0 Å². The molecule has 260 valence electrons. The van der Waals surface area contributed by atoms with Crippen LogP contribution in [0.15, 0.2) is 24.3 Å². The largest absolute Gasteiger partial charge is 2.00 e. The van der Waals surface area contributed by atoms with E-state index in [-0.39, 0.29) is 35.9 Å². The fraction of sp³-hybridized carbons (Fsp3) is 0.750. The molecule has 1 aromatic rings. The molecule has 0 saturated carbocycles. The Hall–Kier alpha value is -1.04. The summed E-state index contributed by atoms with van der Waals surface area (Å²) in [6, 6.07) is 6.89. The maximum Gasteiger partial charge on any atom is 2.00 e. The molecule has 0 unspecified atom stereocenters. The van der Waals surface area contributed by atoms with Crippen molar-refractivity contribution in [1.82, 2.24) is 0 Å². The van der Waals surface area contributed by atoms with Crippen LogP contribution in [-0.4, -0.2) is 35.8 Å². The van der Waals surface area contributed by atoms with Gasteiger partial charge in [-0.05, 0) is 36.8 Å². The van der Waals surface area contributed by atoms with Crippen LogP contribution in [0.25, 0.3) is 0 Å². The summed E-state index contributed by atoms with van der Waals surface area (Å²) < 4.78 is 0. The smallest absolute Gasteiger partial charge is 0.550 e. The van der Waals surface area contributed by atoms with Crippen LogP contribution >= 0.6 is 0 Å². The van der Waals surface area contributed by atoms with Crippen LogP contribution in [0.4, 0.5) is 0 Å². The normalized spacial score (nSPS) is 9.82. The van der Waals surface area contributed by atoms with Gasteiger partial charge in [-0.3, -0.25) is 0 Å². The number of carbonyl (C=O) groups excluding carboxylic acids is 2. The third-order valence-electron chi connectivity index (χ3n) is 7.45. The van der Waals surface area contributed by atoms with E-state index < -0.39 is 11.9 Å². The van der Waals surface area contributed by atoms with Crippen LogP contribution in [0, 0.1) is 13.8 Å². The minimum absolute atomic E-state index is 0. The van der Waals surface area contributed by atoms with Crippen molar-refractivity contribution < 1.29 is 19.8 Å². The van der Waals surface area contributed by atoms with Crippen molar-refractivity contribution in [3.63, 3.8) is 0 Å². The molecule has 0 amide bonds. The number of aliphatic carboxylic acids is 1. The standard InChI is InChI=1S/C21H42O2.C11H14O2.2C4H9.Sn/c1-2-3-4-5-6-7-8-9-10-11-12-13-14-15-16-17-18-19-20-21(22)23;1-2-3-4-9-5-7-10(8-6-9)11(12)13;2*1-3-4-2;/h2-20H2,1H3,(H,22,23);5-8H,2-4H2,1H3,(H,12,13);2*1,3-4H2,2H3;/q;;;;+2/p-2. The Kier molecular flexibility index (Phi) is 50.9. The zero-order valence-corrected chi connectivity index (χ0v) is 33.1. The molecule has 0 aromatic heterocycles. The summed E-state index contributed by atoms with van der Waals surface area (Å²) >= 11 is 0. The van der Waals surface area contributed by atoms with E-state index in [0.717, 1.165) is 44.9 Å². The van der Waals surface area contributed by atoms with Crippen molar-refractivity contribution in [1.29, 1.82) is 0 Å². The zero-order chi connectivity index (χ0) is 33.5. The number of aryl methyl sites for hydroxylation is 1. The van der Waals surface area contributed by atoms with Crippen molar-refractivity contribution >= 4 is 35.8 Å². The van der Waals surface area contributed by atoms with Gasteiger partial charge in [0.15, 0.2) is 0 Å². The number of hydrogen-bond donors (Lipinski definition) is 0. The molecular formula is C40H72O4Sn. The summed E-state index contributed by atoms with van der Waals surface area (Å²) in [5, 5.41) is 20.7. The fourth-order valence-electron chi connectivity index (χ4n) is 4.36. The average molecular weight is 736 g/mol. The molecule has 0 heterocycles. The molecule has 0 aliphatic heterocycles. The van der Waals surface area contributed by atoms with Crippen molar-refractivity contribution in [2.45, 2.75) is 195 Å². The van der Waals surface area contributed by atoms with Gasteiger partial charge in [0.1, 0.15) is 0 Å². The van der Waals surface area contributed by atoms with Gasteiger partial charge in [0.25, 0.3) is 0 Å². The monoisotopic (exact) mass is 736 g/mol. The summed E-state index contributed by atoms with van der Waals surface area (Å²) in [7, 11) is 0. The van der Waals surface area contributed by atoms with E-state index in [4.69, 9.17) is 0 Å². The van der Waals surface area contributed by atoms with E-state index >= 15 is 0 Å². The maximum absolute atomic E-state index is 10.4. The van der Waals surface area contributed by atoms with E-state index in [2.05, 4.69) is 41.5 Å². The molecule has 0 aliphatic rings. The van der Waals surface area contributed by atoms with Gasteiger partial charge in [-0.25, -0.2) is 0 Å². The van der Waals surface area contributed by atoms with Crippen LogP contribution < -0.4 is 10.2 Å². The molecule has 0 aliphatic carbocycles. The second-order valence-electron chi connectivity index (χ2n) is 11.9. The number of carbonyl (C=O) groups is 2. The van der Waals surface area contributed by atoms with Gasteiger partial charge in [-0.2, -0.15) is 0 Å². The molecule has 1 aromatic carbocycles. The van der Waals surface area contributed by atoms with Crippen LogP contribution in [-0.2, 0) is 11.2 Å². The molecule has 0 N–H and O–H groups in total. The molecule has 1 rings (SSSR count). The van der Waals surface area contributed by atoms with Crippen LogP contribution in [0.3, 0.4) is 0 Å². The Morgan fingerprint density at radius 2 is 0.822 bits per heavy atom. The molecule has 0 fully saturated rings. The second kappa shape index (κ2) is 45.1. The predicted molar refractivity (Wildman–Crippen MR) is 194 cm³/mol. The summed E-state index contributed by atoms with van der Waals surface area (Å²) in [5.41, 5.74) is 1.44. The quantitative estimate of drug-likeness (QED) is 0.0740. The minimum Gasteiger partial charge on any atom is -0.550 e. The fourth-order valence-corrected chi connectivity index (χ4v) is 4.36. The summed E-state index contributed by atoms with van der Waals surface area (Å²) in [6.07, 6.45) is 32.1. The summed E-state index contributed by atoms with van der Waals surface area (Å²) in [6.45, 7) is 15.9. The van der Waals surface area contributed by atoms with Crippen LogP contribution in [0.5, 0.6) is 0 Å². The van der Waals surface area contributed by atoms with Gasteiger partial charge in [-0.15, -0.1) is 0 Å². The van der Waals surface area contributed by atoms with Gasteiger partial charge in [-0.1, -0.05) is 207 Å². The Labute approximate surface area is 298 Å². The number of aromatic carboxylic acids is 1. The number of carboxylic acid groups (broad SMARTS) is 2. The molecule has 0 spiro atoms. The van der Waals surface area contributed by atoms with Gasteiger partial charge in [0.05, 0.1) is 5.97 Å². The molecule has 4 nitrogen and oxygen atoms in total. The van der Waals surface area contributed by atoms with Gasteiger partial charge in [0, 0.05) is 5.97 Å². The van der Waals surface area contributed by atoms with E-state index in [0.29, 0.717) is 0 Å². The third kappa shape index (κ3) is 47.5. The molecular weight excluding hydrogens is 663 g/mol. The number of unbranched alkanes of at least 4 members (excludes halogenated alkanes) is 20. The topological polar surface area (TPSA) is 80.3 Å². The van der Waals surface area contributed by atoms with E-state index in [1.54, 1.807) is 12.1 Å². The molecule has 0 saturated heterocycles. The van der Waals surface area contributed by atoms with Crippen LogP contribution in [0.1, 0.15) is 204 Å². The maximum atomic E-state index is 10.4. The summed E-state index contributed by atoms with van der Waals surface area (Å²) in [4.78, 5) is 20.7. The first-order valence-electron chi connectivity index (χ1n) is 18.4. The first kappa shape index (κ1) is 50.8. The Morgan fingerprint density at radius 3 is 1.09 bits per heavy atom. The first-order valence-corrected chi connectivity index (χ1v) is 18.4. The first-order chi connectivity index (χ1) is 21.3. The number of hydrogen-bond acceptors (Lipinski definition) is 4. The van der Waals surface area contributed by atoms with Crippen molar-refractivity contribution in [3.8, 4) is 0 Å². The zero-order valence-electron chi connectivity index (χ0n) is 30.2. The van der Waals surface area contributed by atoms with Gasteiger partial charge in [0.2, 0.25) is 0 Å². The molecule has 5 heteroatoms. The minimum atomic E-state index is -1.11. The molecule has 0 atom stereocenters. The van der Waals surface area contributed by atoms with Crippen molar-refractivity contribution in [3.05, 3.63) is 49.2 Å². The Morgan fingerprint density at radius 1 is 0.511 bits per heavy atom. The molecule has 45 heavy (non-hydrogen) atoms. The van der Waals surface area contributed by atoms with E-state index in [1.165, 1.54) is 121 Å². The number of benzene rings is 1. The van der Waals surface area contributed by atoms with Gasteiger partial charge >= 0.3 is 23.9 Å². The Balaban J connectivity index is -0.000000318. The van der Waals surface area contributed by atoms with Gasteiger partial charge < -0.3 is 19.8 Å². The van der Waals surface area contributed by atoms with E-state index in [9.17, 15) is 19.8 Å². The second-order valence-corrected chi connectivity index (χ2v) is 11.9. The third-order valence-corrected chi connectivity index (χ3v) is 7.45. The van der Waals surface area contributed by atoms with Crippen molar-refractivity contribution in [2.75, 3.05) is 0 Å². The molecule has 0 bridgehead atoms.